The highest BCUT2D eigenvalue weighted by Gasteiger charge is 2.35. The zero-order chi connectivity index (χ0) is 16.3. The van der Waals surface area contributed by atoms with Gasteiger partial charge in [0.2, 0.25) is 0 Å². The Hall–Kier alpha value is -1.36. The molecule has 2 aliphatic rings. The van der Waals surface area contributed by atoms with E-state index in [4.69, 9.17) is 9.47 Å². The first-order valence-corrected chi connectivity index (χ1v) is 8.92. The quantitative estimate of drug-likeness (QED) is 0.765. The number of halogens is 1. The molecule has 128 valence electrons. The van der Waals surface area contributed by atoms with Gasteiger partial charge in [0.05, 0.1) is 32.2 Å². The van der Waals surface area contributed by atoms with Crippen LogP contribution in [-0.4, -0.2) is 72.5 Å². The highest BCUT2D eigenvalue weighted by molar-refractivity contribution is 7.86. The van der Waals surface area contributed by atoms with E-state index in [2.05, 4.69) is 9.97 Å². The minimum absolute atomic E-state index is 0.0574. The van der Waals surface area contributed by atoms with E-state index in [9.17, 15) is 12.8 Å². The van der Waals surface area contributed by atoms with Gasteiger partial charge in [-0.15, -0.1) is 0 Å². The fourth-order valence-corrected chi connectivity index (χ4v) is 4.31. The van der Waals surface area contributed by atoms with Gasteiger partial charge in [-0.05, 0) is 12.8 Å². The molecule has 2 saturated heterocycles. The van der Waals surface area contributed by atoms with Crippen molar-refractivity contribution in [3.8, 4) is 6.01 Å². The molecule has 0 aromatic carbocycles. The van der Waals surface area contributed by atoms with Crippen LogP contribution in [0.2, 0.25) is 0 Å². The second-order valence-electron chi connectivity index (χ2n) is 5.44. The number of morpholine rings is 1. The van der Waals surface area contributed by atoms with E-state index in [0.29, 0.717) is 45.7 Å². The van der Waals surface area contributed by atoms with Crippen LogP contribution in [0.1, 0.15) is 12.8 Å². The number of rotatable bonds is 4. The summed E-state index contributed by atoms with van der Waals surface area (Å²) in [7, 11) is -3.51. The molecular weight excluding hydrogens is 327 g/mol. The van der Waals surface area contributed by atoms with Crippen molar-refractivity contribution in [2.75, 3.05) is 39.4 Å². The van der Waals surface area contributed by atoms with Crippen molar-refractivity contribution in [2.24, 2.45) is 0 Å². The number of aromatic nitrogens is 2. The molecule has 1 atom stereocenters. The van der Waals surface area contributed by atoms with Crippen LogP contribution in [0.3, 0.4) is 0 Å². The summed E-state index contributed by atoms with van der Waals surface area (Å²) in [5.41, 5.74) is 0. The molecule has 0 unspecified atom stereocenters. The fourth-order valence-electron chi connectivity index (χ4n) is 2.66. The van der Waals surface area contributed by atoms with E-state index >= 15 is 0 Å². The van der Waals surface area contributed by atoms with Gasteiger partial charge in [-0.3, -0.25) is 0 Å². The first-order valence-electron chi connectivity index (χ1n) is 7.53. The molecule has 1 aromatic rings. The van der Waals surface area contributed by atoms with Gasteiger partial charge in [0.25, 0.3) is 10.2 Å². The van der Waals surface area contributed by atoms with Crippen molar-refractivity contribution in [1.29, 1.82) is 0 Å². The summed E-state index contributed by atoms with van der Waals surface area (Å²) in [5.74, 6) is -0.544. The fraction of sp³-hybridized carbons (Fsp3) is 0.692. The molecule has 0 amide bonds. The lowest BCUT2D eigenvalue weighted by molar-refractivity contribution is 0.0660. The maximum Gasteiger partial charge on any atom is 0.316 e. The summed E-state index contributed by atoms with van der Waals surface area (Å²) in [5, 5.41) is 0. The third kappa shape index (κ3) is 3.94. The smallest absolute Gasteiger partial charge is 0.316 e. The van der Waals surface area contributed by atoms with Gasteiger partial charge >= 0.3 is 6.01 Å². The summed E-state index contributed by atoms with van der Waals surface area (Å²) in [4.78, 5) is 7.49. The normalized spacial score (nSPS) is 24.5. The van der Waals surface area contributed by atoms with Gasteiger partial charge in [-0.1, -0.05) is 0 Å². The van der Waals surface area contributed by atoms with E-state index in [1.807, 2.05) is 0 Å². The monoisotopic (exact) mass is 346 g/mol. The Kier molecular flexibility index (Phi) is 5.05. The van der Waals surface area contributed by atoms with Gasteiger partial charge in [-0.2, -0.15) is 17.0 Å². The van der Waals surface area contributed by atoms with Gasteiger partial charge in [-0.25, -0.2) is 14.4 Å². The molecule has 8 nitrogen and oxygen atoms in total. The van der Waals surface area contributed by atoms with Crippen LogP contribution in [0.4, 0.5) is 4.39 Å². The SMILES string of the molecule is O=S(=O)(N1CCOCC1)N1CCC[C@@H](Oc2ncc(F)cn2)C1. The minimum atomic E-state index is -3.51. The molecular formula is C13H19FN4O4S. The summed E-state index contributed by atoms with van der Waals surface area (Å²) in [6.45, 7) is 2.26. The standard InChI is InChI=1S/C13H19FN4O4S/c14-11-8-15-13(16-9-11)22-12-2-1-3-18(10-12)23(19,20)17-4-6-21-7-5-17/h8-9,12H,1-7,10H2/t12-/m1/s1. The maximum absolute atomic E-state index is 12.8. The number of ether oxygens (including phenoxy) is 2. The highest BCUT2D eigenvalue weighted by atomic mass is 32.2. The molecule has 0 bridgehead atoms. The first-order chi connectivity index (χ1) is 11.1. The second-order valence-corrected chi connectivity index (χ2v) is 7.37. The summed E-state index contributed by atoms with van der Waals surface area (Å²) in [6, 6.07) is 0.0574. The van der Waals surface area contributed by atoms with E-state index in [-0.39, 0.29) is 18.7 Å². The van der Waals surface area contributed by atoms with E-state index < -0.39 is 16.0 Å². The maximum atomic E-state index is 12.8. The lowest BCUT2D eigenvalue weighted by Gasteiger charge is -2.36. The second kappa shape index (κ2) is 7.04. The van der Waals surface area contributed by atoms with Crippen molar-refractivity contribution >= 4 is 10.2 Å². The average Bonchev–Trinajstić information content (AvgIpc) is 2.58. The van der Waals surface area contributed by atoms with Crippen molar-refractivity contribution in [1.82, 2.24) is 18.6 Å². The average molecular weight is 346 g/mol. The summed E-state index contributed by atoms with van der Waals surface area (Å²) in [6.07, 6.45) is 3.09. The molecule has 2 aliphatic heterocycles. The van der Waals surface area contributed by atoms with Gasteiger partial charge in [0.1, 0.15) is 6.10 Å². The number of nitrogens with zero attached hydrogens (tertiary/aromatic N) is 4. The largest absolute Gasteiger partial charge is 0.459 e. The van der Waals surface area contributed by atoms with Crippen LogP contribution in [0.5, 0.6) is 6.01 Å². The molecule has 3 rings (SSSR count). The van der Waals surface area contributed by atoms with Crippen molar-refractivity contribution < 1.29 is 22.3 Å². The van der Waals surface area contributed by atoms with Crippen molar-refractivity contribution in [3.05, 3.63) is 18.2 Å². The molecule has 2 fully saturated rings. The highest BCUT2D eigenvalue weighted by Crippen LogP contribution is 2.20. The van der Waals surface area contributed by atoms with Crippen LogP contribution < -0.4 is 4.74 Å². The van der Waals surface area contributed by atoms with Gasteiger partial charge in [0, 0.05) is 19.6 Å². The molecule has 0 saturated carbocycles. The Morgan fingerprint density at radius 3 is 2.57 bits per heavy atom. The summed E-state index contributed by atoms with van der Waals surface area (Å²) >= 11 is 0. The van der Waals surface area contributed by atoms with Crippen LogP contribution in [0.25, 0.3) is 0 Å². The lowest BCUT2D eigenvalue weighted by atomic mass is 10.1. The van der Waals surface area contributed by atoms with Crippen LogP contribution in [0, 0.1) is 5.82 Å². The number of piperidine rings is 1. The first kappa shape index (κ1) is 16.5. The minimum Gasteiger partial charge on any atom is -0.459 e. The Morgan fingerprint density at radius 1 is 1.17 bits per heavy atom. The lowest BCUT2D eigenvalue weighted by Crippen LogP contribution is -2.53. The van der Waals surface area contributed by atoms with E-state index in [1.165, 1.54) is 8.61 Å². The Balaban J connectivity index is 1.64. The topological polar surface area (TPSA) is 84.9 Å². The third-order valence-corrected chi connectivity index (χ3v) is 5.83. The van der Waals surface area contributed by atoms with Crippen LogP contribution in [0.15, 0.2) is 12.4 Å². The Morgan fingerprint density at radius 2 is 1.87 bits per heavy atom. The van der Waals surface area contributed by atoms with Crippen LogP contribution >= 0.6 is 0 Å². The number of hydrogen-bond acceptors (Lipinski definition) is 6. The predicted molar refractivity (Wildman–Crippen MR) is 78.5 cm³/mol. The van der Waals surface area contributed by atoms with Crippen molar-refractivity contribution in [2.45, 2.75) is 18.9 Å². The molecule has 0 N–H and O–H groups in total. The number of hydrogen-bond donors (Lipinski definition) is 0. The van der Waals surface area contributed by atoms with Gasteiger partial charge in [0.15, 0.2) is 5.82 Å². The van der Waals surface area contributed by atoms with Crippen LogP contribution in [-0.2, 0) is 14.9 Å². The molecule has 23 heavy (non-hydrogen) atoms. The van der Waals surface area contributed by atoms with E-state index in [1.54, 1.807) is 0 Å². The Labute approximate surface area is 134 Å². The molecule has 0 radical (unpaired) electrons. The molecule has 0 spiro atoms. The van der Waals surface area contributed by atoms with Gasteiger partial charge < -0.3 is 9.47 Å². The molecule has 3 heterocycles. The van der Waals surface area contributed by atoms with E-state index in [0.717, 1.165) is 12.4 Å². The zero-order valence-corrected chi connectivity index (χ0v) is 13.4. The van der Waals surface area contributed by atoms with Crippen molar-refractivity contribution in [3.63, 3.8) is 0 Å². The predicted octanol–water partition coefficient (Wildman–Crippen LogP) is 0.0359. The Bertz CT molecular complexity index is 621. The third-order valence-electron chi connectivity index (χ3n) is 3.83. The molecule has 0 aliphatic carbocycles. The summed E-state index contributed by atoms with van der Waals surface area (Å²) < 4.78 is 51.7. The molecule has 1 aromatic heterocycles. The zero-order valence-electron chi connectivity index (χ0n) is 12.6. The molecule has 10 heteroatoms.